The Labute approximate surface area is 189 Å². The van der Waals surface area contributed by atoms with Crippen LogP contribution in [-0.2, 0) is 13.0 Å². The quantitative estimate of drug-likeness (QED) is 0.440. The maximum atomic E-state index is 13.2. The van der Waals surface area contributed by atoms with Crippen molar-refractivity contribution in [2.75, 3.05) is 5.32 Å². The van der Waals surface area contributed by atoms with Crippen molar-refractivity contribution in [1.29, 1.82) is 0 Å². The van der Waals surface area contributed by atoms with Gasteiger partial charge in [-0.15, -0.1) is 0 Å². The highest BCUT2D eigenvalue weighted by atomic mass is 16.2. The van der Waals surface area contributed by atoms with E-state index in [1.54, 1.807) is 59.5 Å². The molecule has 0 radical (unpaired) electrons. The Morgan fingerprint density at radius 2 is 1.58 bits per heavy atom. The van der Waals surface area contributed by atoms with Crippen molar-refractivity contribution in [1.82, 2.24) is 24.5 Å². The molecule has 5 aromatic rings. The summed E-state index contributed by atoms with van der Waals surface area (Å²) in [6.07, 6.45) is 6.13. The van der Waals surface area contributed by atoms with Gasteiger partial charge in [-0.3, -0.25) is 19.3 Å². The molecule has 0 saturated heterocycles. The van der Waals surface area contributed by atoms with Crippen LogP contribution in [0.4, 0.5) is 5.82 Å². The van der Waals surface area contributed by atoms with Crippen LogP contribution in [-0.4, -0.2) is 30.5 Å². The number of fused-ring (bicyclic) bond motifs is 1. The van der Waals surface area contributed by atoms with Gasteiger partial charge in [0.05, 0.1) is 11.1 Å². The molecule has 1 N–H and O–H groups in total. The Hall–Kier alpha value is -4.59. The van der Waals surface area contributed by atoms with Gasteiger partial charge < -0.3 is 5.32 Å². The summed E-state index contributed by atoms with van der Waals surface area (Å²) in [7, 11) is 0. The van der Waals surface area contributed by atoms with Crippen molar-refractivity contribution in [3.05, 3.63) is 113 Å². The van der Waals surface area contributed by atoms with E-state index in [1.807, 2.05) is 36.5 Å². The van der Waals surface area contributed by atoms with Crippen molar-refractivity contribution in [2.45, 2.75) is 13.0 Å². The van der Waals surface area contributed by atoms with E-state index in [2.05, 4.69) is 20.5 Å². The summed E-state index contributed by atoms with van der Waals surface area (Å²) in [6.45, 7) is 0.667. The summed E-state index contributed by atoms with van der Waals surface area (Å²) in [5.41, 5.74) is 1.61. The summed E-state index contributed by atoms with van der Waals surface area (Å²) < 4.78 is 3.02. The smallest absolute Gasteiger partial charge is 0.279 e. The fourth-order valence-electron chi connectivity index (χ4n) is 3.62. The molecule has 0 spiro atoms. The summed E-state index contributed by atoms with van der Waals surface area (Å²) in [4.78, 5) is 30.2. The minimum absolute atomic E-state index is 0.153. The van der Waals surface area contributed by atoms with Gasteiger partial charge in [-0.25, -0.2) is 0 Å². The van der Waals surface area contributed by atoms with Gasteiger partial charge in [0, 0.05) is 36.6 Å². The van der Waals surface area contributed by atoms with Crippen molar-refractivity contribution in [2.24, 2.45) is 0 Å². The number of aromatic nitrogens is 5. The SMILES string of the molecule is O=C(Nc1ccn(CCc2ccncc2)n1)c1nn(-c2ccccc2)c(=O)c2ccccc12. The molecule has 3 aromatic heterocycles. The van der Waals surface area contributed by atoms with Gasteiger partial charge >= 0.3 is 0 Å². The van der Waals surface area contributed by atoms with E-state index in [4.69, 9.17) is 0 Å². The van der Waals surface area contributed by atoms with Gasteiger partial charge in [-0.2, -0.15) is 14.9 Å². The second-order valence-electron chi connectivity index (χ2n) is 7.47. The molecule has 3 heterocycles. The van der Waals surface area contributed by atoms with Gasteiger partial charge in [-0.1, -0.05) is 36.4 Å². The number of hydrogen-bond acceptors (Lipinski definition) is 5. The number of rotatable bonds is 6. The highest BCUT2D eigenvalue weighted by molar-refractivity contribution is 6.10. The molecule has 5 rings (SSSR count). The number of nitrogens with zero attached hydrogens (tertiary/aromatic N) is 5. The largest absolute Gasteiger partial charge is 0.304 e. The molecule has 2 aromatic carbocycles. The second-order valence-corrected chi connectivity index (χ2v) is 7.47. The molecule has 0 fully saturated rings. The van der Waals surface area contributed by atoms with Crippen molar-refractivity contribution < 1.29 is 4.79 Å². The van der Waals surface area contributed by atoms with E-state index in [0.717, 1.165) is 12.0 Å². The molecular formula is C25H20N6O2. The standard InChI is InChI=1S/C25H20N6O2/c32-24(27-22-13-17-30(28-22)16-12-18-10-14-26-15-11-18)23-20-8-4-5-9-21(20)25(33)31(29-23)19-6-2-1-3-7-19/h1-11,13-15,17H,12,16H2,(H,27,28,32). The number of aryl methyl sites for hydroxylation is 2. The summed E-state index contributed by atoms with van der Waals surface area (Å²) in [5, 5.41) is 12.6. The Balaban J connectivity index is 1.43. The van der Waals surface area contributed by atoms with Gasteiger partial charge in [0.15, 0.2) is 11.5 Å². The molecule has 8 nitrogen and oxygen atoms in total. The van der Waals surface area contributed by atoms with Crippen LogP contribution in [0.1, 0.15) is 16.1 Å². The lowest BCUT2D eigenvalue weighted by Crippen LogP contribution is -2.26. The first-order chi connectivity index (χ1) is 16.2. The number of para-hydroxylation sites is 1. The van der Waals surface area contributed by atoms with Crippen LogP contribution >= 0.6 is 0 Å². The van der Waals surface area contributed by atoms with E-state index in [-0.39, 0.29) is 11.3 Å². The van der Waals surface area contributed by atoms with Gasteiger partial charge in [-0.05, 0) is 42.3 Å². The summed E-state index contributed by atoms with van der Waals surface area (Å²) in [5.74, 6) is -0.0201. The summed E-state index contributed by atoms with van der Waals surface area (Å²) >= 11 is 0. The number of nitrogens with one attached hydrogen (secondary N) is 1. The summed E-state index contributed by atoms with van der Waals surface area (Å²) in [6, 6.07) is 21.7. The molecule has 0 bridgehead atoms. The third-order valence-corrected chi connectivity index (χ3v) is 5.28. The fourth-order valence-corrected chi connectivity index (χ4v) is 3.62. The Morgan fingerprint density at radius 1 is 0.848 bits per heavy atom. The molecule has 0 aliphatic heterocycles. The first-order valence-electron chi connectivity index (χ1n) is 10.5. The van der Waals surface area contributed by atoms with E-state index >= 15 is 0 Å². The number of hydrogen-bond donors (Lipinski definition) is 1. The van der Waals surface area contributed by atoms with E-state index in [1.165, 1.54) is 4.68 Å². The van der Waals surface area contributed by atoms with Crippen LogP contribution in [0.2, 0.25) is 0 Å². The second kappa shape index (κ2) is 8.88. The first kappa shape index (κ1) is 20.3. The molecule has 0 atom stereocenters. The molecule has 1 amide bonds. The van der Waals surface area contributed by atoms with Crippen LogP contribution in [0.5, 0.6) is 0 Å². The highest BCUT2D eigenvalue weighted by Gasteiger charge is 2.18. The number of amides is 1. The predicted molar refractivity (Wildman–Crippen MR) is 125 cm³/mol. The maximum absolute atomic E-state index is 13.2. The lowest BCUT2D eigenvalue weighted by molar-refractivity contribution is 0.102. The Kier molecular flexibility index (Phi) is 5.47. The van der Waals surface area contributed by atoms with Crippen LogP contribution in [0, 0.1) is 0 Å². The molecule has 8 heteroatoms. The van der Waals surface area contributed by atoms with Crippen LogP contribution in [0.3, 0.4) is 0 Å². The normalized spacial score (nSPS) is 10.9. The van der Waals surface area contributed by atoms with Gasteiger partial charge in [0.25, 0.3) is 11.5 Å². The average molecular weight is 436 g/mol. The minimum Gasteiger partial charge on any atom is -0.304 e. The number of carbonyl (C=O) groups excluding carboxylic acids is 1. The third kappa shape index (κ3) is 4.27. The zero-order valence-corrected chi connectivity index (χ0v) is 17.6. The van der Waals surface area contributed by atoms with Crippen molar-refractivity contribution >= 4 is 22.5 Å². The topological polar surface area (TPSA) is 94.7 Å². The van der Waals surface area contributed by atoms with Gasteiger partial charge in [0.2, 0.25) is 0 Å². The molecule has 0 unspecified atom stereocenters. The molecule has 0 aliphatic rings. The highest BCUT2D eigenvalue weighted by Crippen LogP contribution is 2.17. The van der Waals surface area contributed by atoms with Gasteiger partial charge in [0.1, 0.15) is 0 Å². The zero-order chi connectivity index (χ0) is 22.6. The first-order valence-corrected chi connectivity index (χ1v) is 10.5. The fraction of sp³-hybridized carbons (Fsp3) is 0.0800. The monoisotopic (exact) mass is 436 g/mol. The maximum Gasteiger partial charge on any atom is 0.279 e. The van der Waals surface area contributed by atoms with Crippen molar-refractivity contribution in [3.8, 4) is 5.69 Å². The average Bonchev–Trinajstić information content (AvgIpc) is 3.31. The lowest BCUT2D eigenvalue weighted by atomic mass is 10.1. The Morgan fingerprint density at radius 3 is 2.36 bits per heavy atom. The van der Waals surface area contributed by atoms with E-state index in [0.29, 0.717) is 28.8 Å². The van der Waals surface area contributed by atoms with Crippen LogP contribution < -0.4 is 10.9 Å². The third-order valence-electron chi connectivity index (χ3n) is 5.28. The molecule has 162 valence electrons. The molecule has 0 aliphatic carbocycles. The van der Waals surface area contributed by atoms with Crippen molar-refractivity contribution in [3.63, 3.8) is 0 Å². The predicted octanol–water partition coefficient (Wildman–Crippen LogP) is 3.47. The van der Waals surface area contributed by atoms with E-state index in [9.17, 15) is 9.59 Å². The number of benzene rings is 2. The lowest BCUT2D eigenvalue weighted by Gasteiger charge is -2.10. The zero-order valence-electron chi connectivity index (χ0n) is 17.6. The molecular weight excluding hydrogens is 416 g/mol. The van der Waals surface area contributed by atoms with Crippen LogP contribution in [0.25, 0.3) is 16.5 Å². The van der Waals surface area contributed by atoms with Crippen LogP contribution in [0.15, 0.2) is 96.2 Å². The number of carbonyl (C=O) groups is 1. The Bertz CT molecular complexity index is 1480. The molecule has 0 saturated carbocycles. The molecule has 33 heavy (non-hydrogen) atoms. The minimum atomic E-state index is -0.435. The number of anilines is 1. The van der Waals surface area contributed by atoms with E-state index < -0.39 is 5.91 Å². The number of pyridine rings is 1.